The number of aliphatic carboxylic acids is 1. The molecule has 0 aliphatic rings. The van der Waals surface area contributed by atoms with Gasteiger partial charge in [-0.3, -0.25) is 5.10 Å². The summed E-state index contributed by atoms with van der Waals surface area (Å²) in [5.41, 5.74) is 0. The van der Waals surface area contributed by atoms with E-state index in [1.807, 2.05) is 0 Å². The number of thioether (sulfide) groups is 1. The molecule has 0 aliphatic heterocycles. The molecule has 0 bridgehead atoms. The maximum absolute atomic E-state index is 9.98. The quantitative estimate of drug-likeness (QED) is 0.511. The number of carboxylic acid groups (broad SMARTS) is 1. The minimum atomic E-state index is -0.975. The minimum Gasteiger partial charge on any atom is -0.478 e. The van der Waals surface area contributed by atoms with E-state index in [4.69, 9.17) is 5.11 Å². The number of H-pyrrole nitrogens is 1. The van der Waals surface area contributed by atoms with Crippen molar-refractivity contribution in [2.45, 2.75) is 5.16 Å². The maximum atomic E-state index is 9.98. The molecule has 0 saturated heterocycles. The Hall–Kier alpha value is -1.30. The van der Waals surface area contributed by atoms with Gasteiger partial charge in [0, 0.05) is 6.08 Å². The first-order chi connectivity index (χ1) is 5.29. The first-order valence-electron chi connectivity index (χ1n) is 2.70. The zero-order valence-corrected chi connectivity index (χ0v) is 6.21. The average Bonchev–Trinajstić information content (AvgIpc) is 2.39. The van der Waals surface area contributed by atoms with E-state index in [0.29, 0.717) is 5.16 Å². The molecule has 58 valence electrons. The molecule has 0 atom stereocenters. The van der Waals surface area contributed by atoms with Crippen molar-refractivity contribution in [3.05, 3.63) is 17.8 Å². The van der Waals surface area contributed by atoms with Gasteiger partial charge >= 0.3 is 5.97 Å². The van der Waals surface area contributed by atoms with Gasteiger partial charge in [-0.1, -0.05) is 11.8 Å². The van der Waals surface area contributed by atoms with E-state index in [9.17, 15) is 4.79 Å². The highest BCUT2D eigenvalue weighted by Gasteiger charge is 1.91. The lowest BCUT2D eigenvalue weighted by molar-refractivity contribution is -0.131. The molecule has 5 nitrogen and oxygen atoms in total. The number of hydrogen-bond acceptors (Lipinski definition) is 4. The van der Waals surface area contributed by atoms with E-state index >= 15 is 0 Å². The summed E-state index contributed by atoms with van der Waals surface area (Å²) in [5.74, 6) is -0.975. The molecule has 1 rings (SSSR count). The predicted molar refractivity (Wildman–Crippen MR) is 39.0 cm³/mol. The molecule has 0 amide bonds. The number of hydrogen-bond donors (Lipinski definition) is 2. The molecule has 0 fully saturated rings. The molecule has 1 aromatic rings. The van der Waals surface area contributed by atoms with Crippen molar-refractivity contribution in [1.82, 2.24) is 15.2 Å². The van der Waals surface area contributed by atoms with Crippen molar-refractivity contribution < 1.29 is 9.90 Å². The SMILES string of the molecule is O=C(O)/C=C\Sc1ncn[nH]1. The van der Waals surface area contributed by atoms with E-state index < -0.39 is 5.97 Å². The first kappa shape index (κ1) is 7.80. The number of aromatic amines is 1. The number of rotatable bonds is 3. The number of nitrogens with one attached hydrogen (secondary N) is 1. The highest BCUT2D eigenvalue weighted by molar-refractivity contribution is 8.02. The first-order valence-corrected chi connectivity index (χ1v) is 3.58. The largest absolute Gasteiger partial charge is 0.478 e. The topological polar surface area (TPSA) is 78.9 Å². The summed E-state index contributed by atoms with van der Waals surface area (Å²) in [6.07, 6.45) is 2.39. The van der Waals surface area contributed by atoms with Gasteiger partial charge in [0.25, 0.3) is 0 Å². The third-order valence-electron chi connectivity index (χ3n) is 0.783. The fourth-order valence-corrected chi connectivity index (χ4v) is 0.934. The Morgan fingerprint density at radius 2 is 2.64 bits per heavy atom. The second-order valence-corrected chi connectivity index (χ2v) is 2.44. The normalized spacial score (nSPS) is 10.5. The third-order valence-corrected chi connectivity index (χ3v) is 1.48. The van der Waals surface area contributed by atoms with Crippen molar-refractivity contribution in [3.63, 3.8) is 0 Å². The van der Waals surface area contributed by atoms with Gasteiger partial charge in [0.2, 0.25) is 0 Å². The molecule has 0 spiro atoms. The molecule has 0 aromatic carbocycles. The van der Waals surface area contributed by atoms with Crippen LogP contribution in [0.4, 0.5) is 0 Å². The van der Waals surface area contributed by atoms with Crippen LogP contribution in [0.1, 0.15) is 0 Å². The van der Waals surface area contributed by atoms with Crippen LogP contribution in [-0.2, 0) is 4.79 Å². The Labute approximate surface area is 66.5 Å². The Bertz CT molecular complexity index is 257. The monoisotopic (exact) mass is 171 g/mol. The van der Waals surface area contributed by atoms with Crippen LogP contribution >= 0.6 is 11.8 Å². The smallest absolute Gasteiger partial charge is 0.328 e. The molecule has 0 saturated carbocycles. The van der Waals surface area contributed by atoms with Crippen LogP contribution in [0, 0.1) is 0 Å². The fourth-order valence-electron chi connectivity index (χ4n) is 0.408. The second kappa shape index (κ2) is 3.77. The number of carbonyl (C=O) groups is 1. The zero-order chi connectivity index (χ0) is 8.10. The number of aromatic nitrogens is 3. The average molecular weight is 171 g/mol. The molecule has 0 aliphatic carbocycles. The minimum absolute atomic E-state index is 0.572. The summed E-state index contributed by atoms with van der Waals surface area (Å²) in [6, 6.07) is 0. The van der Waals surface area contributed by atoms with Gasteiger partial charge in [0.05, 0.1) is 0 Å². The van der Waals surface area contributed by atoms with Gasteiger partial charge in [0.15, 0.2) is 5.16 Å². The van der Waals surface area contributed by atoms with Crippen LogP contribution in [0.2, 0.25) is 0 Å². The van der Waals surface area contributed by atoms with Crippen LogP contribution in [0.25, 0.3) is 0 Å². The van der Waals surface area contributed by atoms with Crippen LogP contribution in [0.5, 0.6) is 0 Å². The van der Waals surface area contributed by atoms with Crippen LogP contribution in [0.15, 0.2) is 23.0 Å². The summed E-state index contributed by atoms with van der Waals surface area (Å²) < 4.78 is 0. The summed E-state index contributed by atoms with van der Waals surface area (Å²) in [7, 11) is 0. The Balaban J connectivity index is 2.40. The van der Waals surface area contributed by atoms with Gasteiger partial charge < -0.3 is 5.11 Å². The summed E-state index contributed by atoms with van der Waals surface area (Å²) in [6.45, 7) is 0. The standard InChI is InChI=1S/C5H5N3O2S/c9-4(10)1-2-11-5-6-3-7-8-5/h1-3H,(H,9,10)(H,6,7,8)/b2-1-. The van der Waals surface area contributed by atoms with E-state index in [0.717, 1.165) is 17.8 Å². The van der Waals surface area contributed by atoms with Gasteiger partial charge in [0.1, 0.15) is 6.33 Å². The molecule has 0 unspecified atom stereocenters. The van der Waals surface area contributed by atoms with Crippen molar-refractivity contribution in [2.24, 2.45) is 0 Å². The summed E-state index contributed by atoms with van der Waals surface area (Å²) in [5, 5.41) is 16.3. The van der Waals surface area contributed by atoms with E-state index in [1.165, 1.54) is 11.7 Å². The van der Waals surface area contributed by atoms with Crippen LogP contribution in [-0.4, -0.2) is 26.3 Å². The van der Waals surface area contributed by atoms with Gasteiger partial charge in [-0.15, -0.1) is 0 Å². The molecular weight excluding hydrogens is 166 g/mol. The summed E-state index contributed by atoms with van der Waals surface area (Å²) in [4.78, 5) is 13.7. The van der Waals surface area contributed by atoms with Crippen molar-refractivity contribution in [3.8, 4) is 0 Å². The highest BCUT2D eigenvalue weighted by Crippen LogP contribution is 2.10. The second-order valence-electron chi connectivity index (χ2n) is 1.55. The molecular formula is C5H5N3O2S. The summed E-state index contributed by atoms with van der Waals surface area (Å²) >= 11 is 1.16. The van der Waals surface area contributed by atoms with E-state index in [1.54, 1.807) is 0 Å². The van der Waals surface area contributed by atoms with E-state index in [2.05, 4.69) is 15.2 Å². The lowest BCUT2D eigenvalue weighted by Crippen LogP contribution is -1.84. The van der Waals surface area contributed by atoms with Crippen molar-refractivity contribution in [1.29, 1.82) is 0 Å². The molecule has 11 heavy (non-hydrogen) atoms. The Morgan fingerprint density at radius 3 is 3.18 bits per heavy atom. The number of nitrogens with zero attached hydrogens (tertiary/aromatic N) is 2. The van der Waals surface area contributed by atoms with E-state index in [-0.39, 0.29) is 0 Å². The Morgan fingerprint density at radius 1 is 1.82 bits per heavy atom. The molecule has 0 radical (unpaired) electrons. The molecule has 1 aromatic heterocycles. The van der Waals surface area contributed by atoms with Crippen molar-refractivity contribution in [2.75, 3.05) is 0 Å². The molecule has 6 heteroatoms. The lowest BCUT2D eigenvalue weighted by Gasteiger charge is -1.82. The third kappa shape index (κ3) is 2.85. The van der Waals surface area contributed by atoms with Gasteiger partial charge in [-0.2, -0.15) is 5.10 Å². The zero-order valence-electron chi connectivity index (χ0n) is 5.39. The fraction of sp³-hybridized carbons (Fsp3) is 0. The highest BCUT2D eigenvalue weighted by atomic mass is 32.2. The number of carboxylic acids is 1. The van der Waals surface area contributed by atoms with Crippen LogP contribution in [0.3, 0.4) is 0 Å². The Kier molecular flexibility index (Phi) is 2.67. The lowest BCUT2D eigenvalue weighted by atomic mass is 10.7. The van der Waals surface area contributed by atoms with Crippen LogP contribution < -0.4 is 0 Å². The predicted octanol–water partition coefficient (Wildman–Crippen LogP) is 0.495. The molecule has 1 heterocycles. The maximum Gasteiger partial charge on any atom is 0.328 e. The van der Waals surface area contributed by atoms with Gasteiger partial charge in [-0.25, -0.2) is 9.78 Å². The molecule has 2 N–H and O–H groups in total. The van der Waals surface area contributed by atoms with Gasteiger partial charge in [-0.05, 0) is 5.41 Å². The van der Waals surface area contributed by atoms with Crippen molar-refractivity contribution >= 4 is 17.7 Å².